The predicted molar refractivity (Wildman–Crippen MR) is 103 cm³/mol. The average molecular weight is 363 g/mol. The summed E-state index contributed by atoms with van der Waals surface area (Å²) in [5, 5.41) is 9.21. The van der Waals surface area contributed by atoms with Crippen LogP contribution in [0.15, 0.2) is 72.8 Å². The van der Waals surface area contributed by atoms with Crippen LogP contribution in [0.4, 0.5) is 0 Å². The molecule has 0 aliphatic rings. The Hall–Kier alpha value is -3.31. The quantitative estimate of drug-likeness (QED) is 0.513. The smallest absolute Gasteiger partial charge is 0.255 e. The van der Waals surface area contributed by atoms with Crippen LogP contribution in [0.25, 0.3) is 11.1 Å². The number of hydroxylamine groups is 1. The molecule has 1 atom stereocenters. The molecule has 0 aromatic heterocycles. The molecule has 3 aromatic carbocycles. The molecule has 0 fully saturated rings. The Morgan fingerprint density at radius 3 is 2.15 bits per heavy atom. The van der Waals surface area contributed by atoms with E-state index >= 15 is 0 Å². The molecule has 138 valence electrons. The zero-order valence-electron chi connectivity index (χ0n) is 15.2. The lowest BCUT2D eigenvalue weighted by Gasteiger charge is -2.17. The van der Waals surface area contributed by atoms with Gasteiger partial charge in [0.1, 0.15) is 0 Å². The molecule has 0 saturated carbocycles. The fourth-order valence-electron chi connectivity index (χ4n) is 3.12. The third-order valence-corrected chi connectivity index (χ3v) is 4.44. The van der Waals surface area contributed by atoms with Gasteiger partial charge in [0, 0.05) is 0 Å². The molecule has 3 rings (SSSR count). The third kappa shape index (κ3) is 3.93. The van der Waals surface area contributed by atoms with Crippen molar-refractivity contribution in [2.24, 2.45) is 0 Å². The minimum atomic E-state index is -0.615. The maximum absolute atomic E-state index is 12.3. The zero-order valence-corrected chi connectivity index (χ0v) is 15.2. The highest BCUT2D eigenvalue weighted by Crippen LogP contribution is 2.34. The number of carbonyl (C=O) groups excluding carboxylic acids is 1. The van der Waals surface area contributed by atoms with Crippen LogP contribution in [0.2, 0.25) is 0 Å². The monoisotopic (exact) mass is 363 g/mol. The second kappa shape index (κ2) is 8.38. The maximum Gasteiger partial charge on any atom is 0.255 e. The Labute approximate surface area is 158 Å². The molecule has 0 heterocycles. The zero-order chi connectivity index (χ0) is 19.2. The molecular weight excluding hydrogens is 342 g/mol. The van der Waals surface area contributed by atoms with Gasteiger partial charge in [-0.1, -0.05) is 60.7 Å². The summed E-state index contributed by atoms with van der Waals surface area (Å²) < 4.78 is 10.7. The summed E-state index contributed by atoms with van der Waals surface area (Å²) in [6.45, 7) is 0. The van der Waals surface area contributed by atoms with Crippen molar-refractivity contribution in [3.8, 4) is 22.6 Å². The molecule has 2 N–H and O–H groups in total. The van der Waals surface area contributed by atoms with Crippen LogP contribution < -0.4 is 15.0 Å². The number of rotatable bonds is 6. The van der Waals surface area contributed by atoms with Crippen molar-refractivity contribution in [3.63, 3.8) is 0 Å². The summed E-state index contributed by atoms with van der Waals surface area (Å²) in [6, 6.07) is 22.7. The van der Waals surface area contributed by atoms with Gasteiger partial charge in [-0.25, -0.2) is 5.48 Å². The summed E-state index contributed by atoms with van der Waals surface area (Å²) in [5.41, 5.74) is 5.22. The standard InChI is InChI=1S/C22H21NO4/c1-26-19-12-11-17(14-20(19)27-2)16-9-6-10-18(13-16)21(22(24)23-25)15-7-4-3-5-8-15/h3-14,21,25H,1-2H3,(H,23,24). The van der Waals surface area contributed by atoms with E-state index in [2.05, 4.69) is 0 Å². The Morgan fingerprint density at radius 1 is 0.815 bits per heavy atom. The van der Waals surface area contributed by atoms with Crippen molar-refractivity contribution in [2.75, 3.05) is 14.2 Å². The van der Waals surface area contributed by atoms with Crippen molar-refractivity contribution in [1.82, 2.24) is 5.48 Å². The first-order chi connectivity index (χ1) is 13.2. The van der Waals surface area contributed by atoms with Crippen molar-refractivity contribution >= 4 is 5.91 Å². The molecular formula is C22H21NO4. The minimum Gasteiger partial charge on any atom is -0.493 e. The molecule has 0 aliphatic heterocycles. The first kappa shape index (κ1) is 18.5. The number of benzene rings is 3. The first-order valence-corrected chi connectivity index (χ1v) is 8.49. The molecule has 0 bridgehead atoms. The number of hydrogen-bond donors (Lipinski definition) is 2. The largest absolute Gasteiger partial charge is 0.493 e. The van der Waals surface area contributed by atoms with Crippen LogP contribution in [-0.2, 0) is 4.79 Å². The van der Waals surface area contributed by atoms with E-state index in [0.717, 1.165) is 22.3 Å². The predicted octanol–water partition coefficient (Wildman–Crippen LogP) is 4.01. The van der Waals surface area contributed by atoms with Gasteiger partial charge in [0.25, 0.3) is 5.91 Å². The van der Waals surface area contributed by atoms with Gasteiger partial charge < -0.3 is 9.47 Å². The van der Waals surface area contributed by atoms with Crippen molar-refractivity contribution in [2.45, 2.75) is 5.92 Å². The highest BCUT2D eigenvalue weighted by molar-refractivity contribution is 5.86. The molecule has 0 aliphatic carbocycles. The van der Waals surface area contributed by atoms with E-state index in [1.165, 1.54) is 0 Å². The van der Waals surface area contributed by atoms with Gasteiger partial charge in [0.15, 0.2) is 11.5 Å². The van der Waals surface area contributed by atoms with Crippen LogP contribution in [0.1, 0.15) is 17.0 Å². The lowest BCUT2D eigenvalue weighted by atomic mass is 9.89. The normalized spacial score (nSPS) is 11.5. The lowest BCUT2D eigenvalue weighted by molar-refractivity contribution is -0.129. The fraction of sp³-hybridized carbons (Fsp3) is 0.136. The number of hydrogen-bond acceptors (Lipinski definition) is 4. The summed E-state index contributed by atoms with van der Waals surface area (Å²) in [4.78, 5) is 12.3. The number of amides is 1. The fourth-order valence-corrected chi connectivity index (χ4v) is 3.12. The number of methoxy groups -OCH3 is 2. The van der Waals surface area contributed by atoms with E-state index in [0.29, 0.717) is 11.5 Å². The van der Waals surface area contributed by atoms with Crippen LogP contribution in [-0.4, -0.2) is 25.3 Å². The number of nitrogens with one attached hydrogen (secondary N) is 1. The van der Waals surface area contributed by atoms with Crippen LogP contribution in [0.3, 0.4) is 0 Å². The molecule has 1 unspecified atom stereocenters. The second-order valence-corrected chi connectivity index (χ2v) is 6.01. The number of carbonyl (C=O) groups is 1. The molecule has 5 nitrogen and oxygen atoms in total. The third-order valence-electron chi connectivity index (χ3n) is 4.44. The van der Waals surface area contributed by atoms with Gasteiger partial charge >= 0.3 is 0 Å². The molecule has 0 spiro atoms. The van der Waals surface area contributed by atoms with Crippen molar-refractivity contribution < 1.29 is 19.5 Å². The van der Waals surface area contributed by atoms with Gasteiger partial charge in [0.2, 0.25) is 0 Å². The SMILES string of the molecule is COc1ccc(-c2cccc(C(C(=O)NO)c3ccccc3)c2)cc1OC. The second-order valence-electron chi connectivity index (χ2n) is 6.01. The minimum absolute atomic E-state index is 0.481. The van der Waals surface area contributed by atoms with Gasteiger partial charge in [-0.05, 0) is 34.4 Å². The van der Waals surface area contributed by atoms with E-state index in [-0.39, 0.29) is 0 Å². The molecule has 27 heavy (non-hydrogen) atoms. The topological polar surface area (TPSA) is 67.8 Å². The maximum atomic E-state index is 12.3. The number of ether oxygens (including phenoxy) is 2. The molecule has 3 aromatic rings. The Morgan fingerprint density at radius 2 is 1.48 bits per heavy atom. The van der Waals surface area contributed by atoms with Crippen LogP contribution >= 0.6 is 0 Å². The van der Waals surface area contributed by atoms with E-state index < -0.39 is 11.8 Å². The van der Waals surface area contributed by atoms with Gasteiger partial charge in [-0.3, -0.25) is 10.0 Å². The summed E-state index contributed by atoms with van der Waals surface area (Å²) >= 11 is 0. The van der Waals surface area contributed by atoms with Crippen molar-refractivity contribution in [1.29, 1.82) is 0 Å². The highest BCUT2D eigenvalue weighted by atomic mass is 16.5. The summed E-state index contributed by atoms with van der Waals surface area (Å²) in [6.07, 6.45) is 0. The molecule has 1 amide bonds. The highest BCUT2D eigenvalue weighted by Gasteiger charge is 2.22. The Kier molecular flexibility index (Phi) is 5.74. The first-order valence-electron chi connectivity index (χ1n) is 8.49. The average Bonchev–Trinajstić information content (AvgIpc) is 2.74. The molecule has 0 radical (unpaired) electrons. The Balaban J connectivity index is 2.05. The van der Waals surface area contributed by atoms with E-state index in [9.17, 15) is 10.0 Å². The summed E-state index contributed by atoms with van der Waals surface area (Å²) in [7, 11) is 3.19. The van der Waals surface area contributed by atoms with E-state index in [1.807, 2.05) is 72.8 Å². The lowest BCUT2D eigenvalue weighted by Crippen LogP contribution is -2.27. The van der Waals surface area contributed by atoms with E-state index in [4.69, 9.17) is 9.47 Å². The van der Waals surface area contributed by atoms with Gasteiger partial charge in [-0.2, -0.15) is 0 Å². The van der Waals surface area contributed by atoms with E-state index in [1.54, 1.807) is 19.7 Å². The molecule has 0 saturated heterocycles. The van der Waals surface area contributed by atoms with Crippen LogP contribution in [0, 0.1) is 0 Å². The molecule has 5 heteroatoms. The van der Waals surface area contributed by atoms with Crippen LogP contribution in [0.5, 0.6) is 11.5 Å². The van der Waals surface area contributed by atoms with Gasteiger partial charge in [0.05, 0.1) is 20.1 Å². The Bertz CT molecular complexity index is 925. The van der Waals surface area contributed by atoms with Gasteiger partial charge in [-0.15, -0.1) is 0 Å². The summed E-state index contributed by atoms with van der Waals surface area (Å²) in [5.74, 6) is 0.189. The van der Waals surface area contributed by atoms with Crippen molar-refractivity contribution in [3.05, 3.63) is 83.9 Å².